The summed E-state index contributed by atoms with van der Waals surface area (Å²) in [7, 11) is 4.14. The van der Waals surface area contributed by atoms with Gasteiger partial charge in [-0.25, -0.2) is 0 Å². The molecule has 0 saturated heterocycles. The summed E-state index contributed by atoms with van der Waals surface area (Å²) < 4.78 is 28.3. The van der Waals surface area contributed by atoms with Crippen LogP contribution in [0.15, 0.2) is 36.4 Å². The number of unbranched alkanes of at least 4 members (excludes halogenated alkanes) is 1. The molecule has 2 aliphatic rings. The van der Waals surface area contributed by atoms with Crippen molar-refractivity contribution in [2.75, 3.05) is 54.1 Å². The molecule has 0 bridgehead atoms. The standard InChI is InChI=1S/C32H40N4O12/c1-44-20-8-6-19(7-9-20)31-14-22(30(42)46-3)29(41)32(31,43)28-23(45-2)12-21(13-24(28)48-31)47-11-5-4-10-34-26(39)16-36-27(40)17-35-25(38)15-33-18-37/h6-9,12-13,18,22,29,41,43H,4-5,10-11,14-17H2,1-3H3,(H,33,37)(H,34,39)(H,35,38)(H,36,40)/t22?,29?,31-,32+/m1/s1. The third-order valence-electron chi connectivity index (χ3n) is 8.32. The maximum Gasteiger partial charge on any atom is 0.311 e. The maximum absolute atomic E-state index is 12.7. The summed E-state index contributed by atoms with van der Waals surface area (Å²) in [5.41, 5.74) is -2.96. The van der Waals surface area contributed by atoms with Crippen molar-refractivity contribution >= 4 is 30.1 Å². The minimum absolute atomic E-state index is 0.0795. The Bertz CT molecular complexity index is 1500. The molecule has 1 aliphatic heterocycles. The number of ether oxygens (including phenoxy) is 5. The molecule has 0 radical (unpaired) electrons. The van der Waals surface area contributed by atoms with Crippen molar-refractivity contribution in [2.24, 2.45) is 5.92 Å². The highest BCUT2D eigenvalue weighted by Gasteiger charge is 2.73. The first-order valence-corrected chi connectivity index (χ1v) is 15.2. The predicted molar refractivity (Wildman–Crippen MR) is 166 cm³/mol. The lowest BCUT2D eigenvalue weighted by atomic mass is 9.76. The molecule has 1 fully saturated rings. The molecule has 1 heterocycles. The first kappa shape index (κ1) is 35.8. The van der Waals surface area contributed by atoms with Crippen LogP contribution >= 0.6 is 0 Å². The number of fused-ring (bicyclic) bond motifs is 3. The van der Waals surface area contributed by atoms with Crippen LogP contribution in [0.2, 0.25) is 0 Å². The van der Waals surface area contributed by atoms with Crippen molar-refractivity contribution in [1.82, 2.24) is 21.3 Å². The molecule has 260 valence electrons. The number of esters is 1. The number of methoxy groups -OCH3 is 3. The van der Waals surface area contributed by atoms with Crippen LogP contribution in [-0.4, -0.2) is 101 Å². The Kier molecular flexibility index (Phi) is 11.7. The monoisotopic (exact) mass is 672 g/mol. The first-order chi connectivity index (χ1) is 23.0. The van der Waals surface area contributed by atoms with Gasteiger partial charge in [0.2, 0.25) is 24.1 Å². The van der Waals surface area contributed by atoms with E-state index in [1.807, 2.05) is 0 Å². The quantitative estimate of drug-likeness (QED) is 0.0676. The lowest BCUT2D eigenvalue weighted by Gasteiger charge is -2.37. The van der Waals surface area contributed by atoms with Gasteiger partial charge in [0.15, 0.2) is 11.2 Å². The van der Waals surface area contributed by atoms with E-state index in [1.54, 1.807) is 36.4 Å². The Morgan fingerprint density at radius 1 is 0.917 bits per heavy atom. The number of aliphatic hydroxyl groups excluding tert-OH is 1. The number of hydrogen-bond acceptors (Lipinski definition) is 12. The summed E-state index contributed by atoms with van der Waals surface area (Å²) in [5, 5.41) is 33.3. The van der Waals surface area contributed by atoms with Crippen LogP contribution in [0.4, 0.5) is 0 Å². The number of carbonyl (C=O) groups is 5. The molecule has 0 spiro atoms. The van der Waals surface area contributed by atoms with E-state index in [-0.39, 0.29) is 49.7 Å². The minimum atomic E-state index is -2.08. The lowest BCUT2D eigenvalue weighted by Crippen LogP contribution is -2.50. The third-order valence-corrected chi connectivity index (χ3v) is 8.32. The van der Waals surface area contributed by atoms with Gasteiger partial charge in [-0.2, -0.15) is 0 Å². The zero-order valence-corrected chi connectivity index (χ0v) is 26.8. The molecule has 6 N–H and O–H groups in total. The van der Waals surface area contributed by atoms with Crippen molar-refractivity contribution in [3.05, 3.63) is 47.5 Å². The Balaban J connectivity index is 1.35. The average Bonchev–Trinajstić information content (AvgIpc) is 3.49. The van der Waals surface area contributed by atoms with Crippen LogP contribution in [0.3, 0.4) is 0 Å². The molecule has 2 aromatic rings. The highest BCUT2D eigenvalue weighted by Crippen LogP contribution is 2.65. The Hall–Kier alpha value is -5.09. The smallest absolute Gasteiger partial charge is 0.311 e. The van der Waals surface area contributed by atoms with E-state index >= 15 is 0 Å². The number of carbonyl (C=O) groups excluding carboxylic acids is 5. The molecule has 2 aromatic carbocycles. The van der Waals surface area contributed by atoms with Crippen molar-refractivity contribution in [3.8, 4) is 23.0 Å². The van der Waals surface area contributed by atoms with Crippen molar-refractivity contribution in [3.63, 3.8) is 0 Å². The highest BCUT2D eigenvalue weighted by atomic mass is 16.5. The zero-order valence-electron chi connectivity index (χ0n) is 26.8. The van der Waals surface area contributed by atoms with Gasteiger partial charge in [0.05, 0.1) is 59.1 Å². The molecule has 1 aliphatic carbocycles. The SMILES string of the molecule is COC(=O)C1C[C@]2(c3ccc(OC)cc3)Oc3cc(OCCCCNC(=O)CNC(=O)CNC(=O)CNC=O)cc(OC)c3[C@]2(O)C1O. The van der Waals surface area contributed by atoms with E-state index in [2.05, 4.69) is 21.3 Å². The van der Waals surface area contributed by atoms with Gasteiger partial charge in [-0.05, 0) is 30.5 Å². The van der Waals surface area contributed by atoms with Crippen LogP contribution in [0.25, 0.3) is 0 Å². The molecule has 16 nitrogen and oxygen atoms in total. The van der Waals surface area contributed by atoms with E-state index < -0.39 is 46.9 Å². The van der Waals surface area contributed by atoms with Gasteiger partial charge in [-0.15, -0.1) is 0 Å². The second-order valence-electron chi connectivity index (χ2n) is 11.2. The Morgan fingerprint density at radius 3 is 2.21 bits per heavy atom. The fourth-order valence-electron chi connectivity index (χ4n) is 5.98. The van der Waals surface area contributed by atoms with Gasteiger partial charge in [0.25, 0.3) is 0 Å². The van der Waals surface area contributed by atoms with E-state index in [0.29, 0.717) is 42.9 Å². The van der Waals surface area contributed by atoms with Crippen molar-refractivity contribution in [2.45, 2.75) is 36.6 Å². The second kappa shape index (κ2) is 15.7. The normalized spacial score (nSPS) is 21.9. The van der Waals surface area contributed by atoms with E-state index in [4.69, 9.17) is 23.7 Å². The summed E-state index contributed by atoms with van der Waals surface area (Å²) >= 11 is 0. The van der Waals surface area contributed by atoms with Crippen molar-refractivity contribution < 1.29 is 57.9 Å². The number of aliphatic hydroxyl groups is 2. The fourth-order valence-corrected chi connectivity index (χ4v) is 5.98. The molecular formula is C32H40N4O12. The van der Waals surface area contributed by atoms with Gasteiger partial charge >= 0.3 is 5.97 Å². The van der Waals surface area contributed by atoms with Gasteiger partial charge in [0.1, 0.15) is 29.1 Å². The topological polar surface area (TPSA) is 220 Å². The summed E-state index contributed by atoms with van der Waals surface area (Å²) in [6, 6.07) is 9.95. The average molecular weight is 673 g/mol. The first-order valence-electron chi connectivity index (χ1n) is 15.2. The summed E-state index contributed by atoms with van der Waals surface area (Å²) in [5.74, 6) is -1.93. The number of amides is 4. The molecule has 4 rings (SSSR count). The largest absolute Gasteiger partial charge is 0.497 e. The molecule has 0 aromatic heterocycles. The van der Waals surface area contributed by atoms with Gasteiger partial charge < -0.3 is 55.2 Å². The van der Waals surface area contributed by atoms with Crippen LogP contribution in [0.5, 0.6) is 23.0 Å². The molecule has 48 heavy (non-hydrogen) atoms. The molecule has 4 amide bonds. The molecule has 1 saturated carbocycles. The predicted octanol–water partition coefficient (Wildman–Crippen LogP) is -1.01. The summed E-state index contributed by atoms with van der Waals surface area (Å²) in [6.45, 7) is -0.287. The lowest BCUT2D eigenvalue weighted by molar-refractivity contribution is -0.161. The van der Waals surface area contributed by atoms with Crippen LogP contribution < -0.4 is 40.2 Å². The highest BCUT2D eigenvalue weighted by molar-refractivity contribution is 5.89. The third kappa shape index (κ3) is 7.23. The molecule has 16 heteroatoms. The maximum atomic E-state index is 12.7. The molecule has 2 unspecified atom stereocenters. The van der Waals surface area contributed by atoms with Gasteiger partial charge in [-0.1, -0.05) is 12.1 Å². The van der Waals surface area contributed by atoms with E-state index in [9.17, 15) is 34.2 Å². The number of nitrogens with one attached hydrogen (secondary N) is 4. The van der Waals surface area contributed by atoms with Gasteiger partial charge in [-0.3, -0.25) is 24.0 Å². The van der Waals surface area contributed by atoms with E-state index in [0.717, 1.165) is 0 Å². The van der Waals surface area contributed by atoms with Crippen LogP contribution in [0, 0.1) is 5.92 Å². The fraction of sp³-hybridized carbons (Fsp3) is 0.469. The Morgan fingerprint density at radius 2 is 1.58 bits per heavy atom. The number of rotatable bonds is 17. The Labute approximate surface area is 276 Å². The minimum Gasteiger partial charge on any atom is -0.497 e. The van der Waals surface area contributed by atoms with Crippen LogP contribution in [0.1, 0.15) is 30.4 Å². The number of benzene rings is 2. The van der Waals surface area contributed by atoms with Crippen molar-refractivity contribution in [1.29, 1.82) is 0 Å². The summed E-state index contributed by atoms with van der Waals surface area (Å²) in [6.07, 6.45) is -0.201. The second-order valence-corrected chi connectivity index (χ2v) is 11.2. The van der Waals surface area contributed by atoms with Crippen LogP contribution in [-0.2, 0) is 39.9 Å². The molecular weight excluding hydrogens is 632 g/mol. The summed E-state index contributed by atoms with van der Waals surface area (Å²) in [4.78, 5) is 58.0. The number of hydrogen-bond donors (Lipinski definition) is 6. The zero-order chi connectivity index (χ0) is 34.9. The van der Waals surface area contributed by atoms with Gasteiger partial charge in [0, 0.05) is 25.1 Å². The molecule has 4 atom stereocenters. The van der Waals surface area contributed by atoms with E-state index in [1.165, 1.54) is 21.3 Å².